The highest BCUT2D eigenvalue weighted by Gasteiger charge is 2.18. The largest absolute Gasteiger partial charge is 0.309 e. The summed E-state index contributed by atoms with van der Waals surface area (Å²) < 4.78 is 6.86. The molecule has 0 saturated heterocycles. The van der Waals surface area contributed by atoms with E-state index in [1.165, 1.54) is 21.8 Å². The van der Waals surface area contributed by atoms with Crippen LogP contribution in [-0.2, 0) is 0 Å². The molecule has 11 rings (SSSR count). The van der Waals surface area contributed by atoms with E-state index in [9.17, 15) is 10.5 Å². The number of fused-ring (bicyclic) bond motifs is 9. The van der Waals surface area contributed by atoms with Gasteiger partial charge in [0.05, 0.1) is 56.4 Å². The van der Waals surface area contributed by atoms with E-state index in [0.29, 0.717) is 11.1 Å². The van der Waals surface area contributed by atoms with Crippen LogP contribution in [-0.4, -0.2) is 13.7 Å². The summed E-state index contributed by atoms with van der Waals surface area (Å²) in [6, 6.07) is 65.9. The Morgan fingerprint density at radius 1 is 0.327 bits per heavy atom. The summed E-state index contributed by atoms with van der Waals surface area (Å²) in [4.78, 5) is 0. The fourth-order valence-corrected chi connectivity index (χ4v) is 8.71. The molecule has 0 aliphatic heterocycles. The number of rotatable bonds is 4. The molecular formula is C50H29N5. The molecule has 0 radical (unpaired) electrons. The van der Waals surface area contributed by atoms with E-state index in [1.807, 2.05) is 36.4 Å². The molecule has 3 aromatic heterocycles. The molecule has 254 valence electrons. The van der Waals surface area contributed by atoms with Crippen LogP contribution < -0.4 is 0 Å². The van der Waals surface area contributed by atoms with Gasteiger partial charge >= 0.3 is 0 Å². The fraction of sp³-hybridized carbons (Fsp3) is 0. The lowest BCUT2D eigenvalue weighted by Crippen LogP contribution is -1.97. The van der Waals surface area contributed by atoms with Gasteiger partial charge in [0.25, 0.3) is 0 Å². The smallest absolute Gasteiger partial charge is 0.0998 e. The molecule has 11 aromatic rings. The molecule has 5 heteroatoms. The highest BCUT2D eigenvalue weighted by atomic mass is 15.0. The summed E-state index contributed by atoms with van der Waals surface area (Å²) in [6.07, 6.45) is 0. The third-order valence-electron chi connectivity index (χ3n) is 11.1. The lowest BCUT2D eigenvalue weighted by atomic mass is 9.99. The van der Waals surface area contributed by atoms with Crippen molar-refractivity contribution in [3.63, 3.8) is 0 Å². The minimum atomic E-state index is 0.610. The van der Waals surface area contributed by atoms with E-state index >= 15 is 0 Å². The highest BCUT2D eigenvalue weighted by molar-refractivity contribution is 6.13. The standard InChI is InChI=1S/C50H29N5/c51-30-32-17-25-49-43(27-32)41-11-3-7-15-47(41)53(49)35-20-18-33(19-21-35)38-24-22-36(28-34(38)31-52)54-48-16-8-4-12-42(48)44-29-37(23-26-50(44)54)55-45-13-5-1-9-39(45)40-10-2-6-14-46(40)55/h1-29H. The first-order valence-electron chi connectivity index (χ1n) is 18.3. The predicted molar refractivity (Wildman–Crippen MR) is 224 cm³/mol. The van der Waals surface area contributed by atoms with Gasteiger partial charge in [-0.3, -0.25) is 0 Å². The van der Waals surface area contributed by atoms with Gasteiger partial charge in [0, 0.05) is 49.4 Å². The zero-order valence-electron chi connectivity index (χ0n) is 29.5. The van der Waals surface area contributed by atoms with Gasteiger partial charge in [-0.1, -0.05) is 91.0 Å². The van der Waals surface area contributed by atoms with Crippen molar-refractivity contribution in [2.45, 2.75) is 0 Å². The van der Waals surface area contributed by atoms with Crippen molar-refractivity contribution in [3.8, 4) is 40.3 Å². The van der Waals surface area contributed by atoms with Crippen molar-refractivity contribution in [3.05, 3.63) is 187 Å². The Balaban J connectivity index is 1.02. The Morgan fingerprint density at radius 2 is 0.745 bits per heavy atom. The Labute approximate surface area is 316 Å². The quantitative estimate of drug-likeness (QED) is 0.184. The van der Waals surface area contributed by atoms with E-state index in [4.69, 9.17) is 0 Å². The number of hydrogen-bond acceptors (Lipinski definition) is 2. The van der Waals surface area contributed by atoms with Crippen molar-refractivity contribution >= 4 is 65.4 Å². The van der Waals surface area contributed by atoms with Gasteiger partial charge in [-0.2, -0.15) is 10.5 Å². The molecule has 0 aliphatic carbocycles. The van der Waals surface area contributed by atoms with Crippen molar-refractivity contribution in [2.24, 2.45) is 0 Å². The molecule has 8 aromatic carbocycles. The molecule has 55 heavy (non-hydrogen) atoms. The number of para-hydroxylation sites is 4. The van der Waals surface area contributed by atoms with Gasteiger partial charge in [-0.25, -0.2) is 0 Å². The van der Waals surface area contributed by atoms with Crippen LogP contribution in [0.15, 0.2) is 176 Å². The van der Waals surface area contributed by atoms with Crippen LogP contribution in [0.2, 0.25) is 0 Å². The Bertz CT molecular complexity index is 3400. The van der Waals surface area contributed by atoms with E-state index in [0.717, 1.165) is 71.8 Å². The second kappa shape index (κ2) is 11.8. The van der Waals surface area contributed by atoms with Crippen molar-refractivity contribution < 1.29 is 0 Å². The number of nitrogens with zero attached hydrogens (tertiary/aromatic N) is 5. The predicted octanol–water partition coefficient (Wildman–Crippen LogP) is 12.4. The second-order valence-corrected chi connectivity index (χ2v) is 14.0. The minimum absolute atomic E-state index is 0.610. The van der Waals surface area contributed by atoms with Crippen LogP contribution in [0, 0.1) is 22.7 Å². The topological polar surface area (TPSA) is 62.4 Å². The van der Waals surface area contributed by atoms with Crippen LogP contribution in [0.4, 0.5) is 0 Å². The van der Waals surface area contributed by atoms with Crippen LogP contribution in [0.3, 0.4) is 0 Å². The first-order valence-corrected chi connectivity index (χ1v) is 18.3. The van der Waals surface area contributed by atoms with Crippen molar-refractivity contribution in [2.75, 3.05) is 0 Å². The number of hydrogen-bond donors (Lipinski definition) is 0. The fourth-order valence-electron chi connectivity index (χ4n) is 8.71. The molecule has 0 fully saturated rings. The average Bonchev–Trinajstić information content (AvgIpc) is 3.89. The van der Waals surface area contributed by atoms with Gasteiger partial charge in [-0.05, 0) is 96.1 Å². The molecular weight excluding hydrogens is 671 g/mol. The third kappa shape index (κ3) is 4.51. The first-order chi connectivity index (χ1) is 27.2. The Kier molecular flexibility index (Phi) is 6.61. The van der Waals surface area contributed by atoms with Gasteiger partial charge in [0.15, 0.2) is 0 Å². The summed E-state index contributed by atoms with van der Waals surface area (Å²) >= 11 is 0. The summed E-state index contributed by atoms with van der Waals surface area (Å²) in [6.45, 7) is 0. The SMILES string of the molecule is N#Cc1ccc2c(c1)c1ccccc1n2-c1ccc(-c2ccc(-n3c4ccccc4c4cc(-n5c6ccccc6c6ccccc65)ccc43)cc2C#N)cc1. The van der Waals surface area contributed by atoms with Gasteiger partial charge in [-0.15, -0.1) is 0 Å². The third-order valence-corrected chi connectivity index (χ3v) is 11.1. The zero-order valence-corrected chi connectivity index (χ0v) is 29.5. The molecule has 0 saturated carbocycles. The molecule has 0 atom stereocenters. The van der Waals surface area contributed by atoms with Crippen molar-refractivity contribution in [1.82, 2.24) is 13.7 Å². The Hall–Kier alpha value is -7.86. The number of benzene rings is 8. The number of nitriles is 2. The minimum Gasteiger partial charge on any atom is -0.309 e. The molecule has 3 heterocycles. The van der Waals surface area contributed by atoms with E-state index < -0.39 is 0 Å². The summed E-state index contributed by atoms with van der Waals surface area (Å²) in [5.74, 6) is 0. The van der Waals surface area contributed by atoms with Crippen LogP contribution in [0.1, 0.15) is 11.1 Å². The first kappa shape index (κ1) is 30.7. The maximum absolute atomic E-state index is 10.5. The number of aromatic nitrogens is 3. The monoisotopic (exact) mass is 699 g/mol. The lowest BCUT2D eigenvalue weighted by Gasteiger charge is -2.13. The molecule has 0 unspecified atom stereocenters. The second-order valence-electron chi connectivity index (χ2n) is 14.0. The van der Waals surface area contributed by atoms with Crippen molar-refractivity contribution in [1.29, 1.82) is 10.5 Å². The van der Waals surface area contributed by atoms with Crippen LogP contribution in [0.5, 0.6) is 0 Å². The molecule has 0 aliphatic rings. The Morgan fingerprint density at radius 3 is 1.29 bits per heavy atom. The normalized spacial score (nSPS) is 11.6. The average molecular weight is 700 g/mol. The van der Waals surface area contributed by atoms with Gasteiger partial charge < -0.3 is 13.7 Å². The summed E-state index contributed by atoms with van der Waals surface area (Å²) in [5.41, 5.74) is 12.8. The molecule has 5 nitrogen and oxygen atoms in total. The van der Waals surface area contributed by atoms with E-state index in [1.54, 1.807) is 0 Å². The molecule has 0 amide bonds. The molecule has 0 N–H and O–H groups in total. The maximum atomic E-state index is 10.5. The lowest BCUT2D eigenvalue weighted by molar-refractivity contribution is 1.16. The zero-order chi connectivity index (χ0) is 36.6. The summed E-state index contributed by atoms with van der Waals surface area (Å²) in [7, 11) is 0. The van der Waals surface area contributed by atoms with E-state index in [2.05, 4.69) is 165 Å². The van der Waals surface area contributed by atoms with Gasteiger partial charge in [0.1, 0.15) is 0 Å². The summed E-state index contributed by atoms with van der Waals surface area (Å²) in [5, 5.41) is 27.0. The maximum Gasteiger partial charge on any atom is 0.0998 e. The van der Waals surface area contributed by atoms with Crippen LogP contribution >= 0.6 is 0 Å². The highest BCUT2D eigenvalue weighted by Crippen LogP contribution is 2.38. The molecule has 0 bridgehead atoms. The van der Waals surface area contributed by atoms with Crippen LogP contribution in [0.25, 0.3) is 93.6 Å². The molecule has 0 spiro atoms. The van der Waals surface area contributed by atoms with E-state index in [-0.39, 0.29) is 0 Å². The van der Waals surface area contributed by atoms with Gasteiger partial charge in [0.2, 0.25) is 0 Å².